The van der Waals surface area contributed by atoms with E-state index in [1.165, 1.54) is 11.8 Å². The Labute approximate surface area is 219 Å². The largest absolute Gasteiger partial charge is 0.355 e. The van der Waals surface area contributed by atoms with Gasteiger partial charge in [-0.2, -0.15) is 0 Å². The van der Waals surface area contributed by atoms with Gasteiger partial charge in [0.1, 0.15) is 6.04 Å². The van der Waals surface area contributed by atoms with E-state index >= 15 is 0 Å². The van der Waals surface area contributed by atoms with Gasteiger partial charge in [0.05, 0.1) is 5.75 Å². The van der Waals surface area contributed by atoms with Gasteiger partial charge in [-0.1, -0.05) is 88.2 Å². The normalized spacial score (nSPS) is 11.6. The van der Waals surface area contributed by atoms with E-state index in [1.54, 1.807) is 4.90 Å². The maximum atomic E-state index is 13.5. The molecule has 0 spiro atoms. The fraction of sp³-hybridized carbons (Fsp3) is 0.259. The molecule has 0 bridgehead atoms. The number of likely N-dealkylation sites (N-methyl/N-ethyl adjacent to an activating group) is 1. The molecule has 0 radical (unpaired) electrons. The molecule has 3 aromatic rings. The Morgan fingerprint density at radius 3 is 2.41 bits per heavy atom. The van der Waals surface area contributed by atoms with E-state index in [4.69, 9.17) is 11.6 Å². The van der Waals surface area contributed by atoms with Crippen LogP contribution in [-0.4, -0.2) is 35.1 Å². The van der Waals surface area contributed by atoms with Crippen molar-refractivity contribution in [2.45, 2.75) is 31.7 Å². The molecule has 0 aromatic heterocycles. The fourth-order valence-electron chi connectivity index (χ4n) is 3.62. The molecule has 4 nitrogen and oxygen atoms in total. The van der Waals surface area contributed by atoms with Crippen LogP contribution in [0.1, 0.15) is 23.6 Å². The van der Waals surface area contributed by atoms with Gasteiger partial charge >= 0.3 is 0 Å². The van der Waals surface area contributed by atoms with E-state index in [-0.39, 0.29) is 17.6 Å². The minimum Gasteiger partial charge on any atom is -0.355 e. The molecule has 2 amide bonds. The van der Waals surface area contributed by atoms with Crippen LogP contribution in [0.15, 0.2) is 83.3 Å². The number of benzene rings is 3. The molecule has 3 aromatic carbocycles. The molecule has 1 unspecified atom stereocenters. The molecule has 0 aliphatic heterocycles. The molecule has 0 aliphatic rings. The van der Waals surface area contributed by atoms with Crippen LogP contribution in [0.3, 0.4) is 0 Å². The van der Waals surface area contributed by atoms with Crippen molar-refractivity contribution in [3.05, 3.63) is 105 Å². The third-order valence-electron chi connectivity index (χ3n) is 5.30. The summed E-state index contributed by atoms with van der Waals surface area (Å²) in [5.41, 5.74) is 2.96. The molecule has 178 valence electrons. The van der Waals surface area contributed by atoms with Gasteiger partial charge in [-0.3, -0.25) is 9.59 Å². The van der Waals surface area contributed by atoms with E-state index in [9.17, 15) is 9.59 Å². The zero-order chi connectivity index (χ0) is 24.3. The monoisotopic (exact) mass is 558 g/mol. The SMILES string of the molecule is CCNC(=O)C(Cc1ccccc1)N(Cc1cccc(Br)c1)C(=O)CSCc1ccccc1Cl. The van der Waals surface area contributed by atoms with Crippen LogP contribution in [0, 0.1) is 0 Å². The lowest BCUT2D eigenvalue weighted by atomic mass is 10.0. The molecular formula is C27H28BrClN2O2S. The lowest BCUT2D eigenvalue weighted by Gasteiger charge is -2.31. The number of amides is 2. The van der Waals surface area contributed by atoms with Gasteiger partial charge in [0.2, 0.25) is 11.8 Å². The average molecular weight is 560 g/mol. The Hall–Kier alpha value is -2.28. The van der Waals surface area contributed by atoms with Crippen molar-refractivity contribution < 1.29 is 9.59 Å². The maximum absolute atomic E-state index is 13.5. The Morgan fingerprint density at radius 2 is 1.71 bits per heavy atom. The van der Waals surface area contributed by atoms with Gasteiger partial charge < -0.3 is 10.2 Å². The van der Waals surface area contributed by atoms with Crippen LogP contribution in [-0.2, 0) is 28.3 Å². The molecule has 1 atom stereocenters. The number of thioether (sulfide) groups is 1. The highest BCUT2D eigenvalue weighted by atomic mass is 79.9. The van der Waals surface area contributed by atoms with Gasteiger partial charge in [-0.25, -0.2) is 0 Å². The van der Waals surface area contributed by atoms with Crippen molar-refractivity contribution in [3.8, 4) is 0 Å². The maximum Gasteiger partial charge on any atom is 0.243 e. The average Bonchev–Trinajstić information content (AvgIpc) is 2.83. The fourth-order valence-corrected chi connectivity index (χ4v) is 5.27. The summed E-state index contributed by atoms with van der Waals surface area (Å²) in [6, 6.07) is 24.7. The van der Waals surface area contributed by atoms with Crippen LogP contribution in [0.5, 0.6) is 0 Å². The lowest BCUT2D eigenvalue weighted by Crippen LogP contribution is -2.51. The number of nitrogens with zero attached hydrogens (tertiary/aromatic N) is 1. The van der Waals surface area contributed by atoms with Crippen molar-refractivity contribution in [3.63, 3.8) is 0 Å². The van der Waals surface area contributed by atoms with E-state index in [2.05, 4.69) is 21.2 Å². The molecular weight excluding hydrogens is 532 g/mol. The number of rotatable bonds is 11. The van der Waals surface area contributed by atoms with Crippen LogP contribution in [0.25, 0.3) is 0 Å². The Kier molecular flexibility index (Phi) is 10.5. The molecule has 7 heteroatoms. The minimum atomic E-state index is -0.616. The zero-order valence-electron chi connectivity index (χ0n) is 19.0. The third-order valence-corrected chi connectivity index (χ3v) is 7.13. The second-order valence-electron chi connectivity index (χ2n) is 7.84. The molecule has 0 fully saturated rings. The second-order valence-corrected chi connectivity index (χ2v) is 10.1. The lowest BCUT2D eigenvalue weighted by molar-refractivity contribution is -0.139. The van der Waals surface area contributed by atoms with Crippen molar-refractivity contribution in [2.24, 2.45) is 0 Å². The van der Waals surface area contributed by atoms with Crippen LogP contribution < -0.4 is 5.32 Å². The van der Waals surface area contributed by atoms with Gasteiger partial charge in [-0.15, -0.1) is 11.8 Å². The van der Waals surface area contributed by atoms with E-state index in [0.717, 1.165) is 21.2 Å². The van der Waals surface area contributed by atoms with Crippen molar-refractivity contribution in [1.82, 2.24) is 10.2 Å². The summed E-state index contributed by atoms with van der Waals surface area (Å²) < 4.78 is 0.933. The van der Waals surface area contributed by atoms with Gasteiger partial charge in [-0.05, 0) is 41.8 Å². The molecule has 0 aliphatic carbocycles. The second kappa shape index (κ2) is 13.6. The smallest absolute Gasteiger partial charge is 0.243 e. The van der Waals surface area contributed by atoms with Gasteiger partial charge in [0, 0.05) is 34.8 Å². The number of halogens is 2. The summed E-state index contributed by atoms with van der Waals surface area (Å²) in [5, 5.41) is 3.61. The number of nitrogens with one attached hydrogen (secondary N) is 1. The zero-order valence-corrected chi connectivity index (χ0v) is 22.2. The number of hydrogen-bond donors (Lipinski definition) is 1. The molecule has 34 heavy (non-hydrogen) atoms. The van der Waals surface area contributed by atoms with Crippen molar-refractivity contribution >= 4 is 51.1 Å². The van der Waals surface area contributed by atoms with E-state index in [0.29, 0.717) is 30.3 Å². The highest BCUT2D eigenvalue weighted by Crippen LogP contribution is 2.23. The number of carbonyl (C=O) groups is 2. The van der Waals surface area contributed by atoms with Crippen LogP contribution >= 0.6 is 39.3 Å². The first-order chi connectivity index (χ1) is 16.5. The Bertz CT molecular complexity index is 1100. The standard InChI is InChI=1S/C27H28BrClN2O2S/c1-2-30-27(33)25(16-20-9-4-3-5-10-20)31(17-21-11-8-13-23(28)15-21)26(32)19-34-18-22-12-6-7-14-24(22)29/h3-15,25H,2,16-19H2,1H3,(H,30,33). The predicted molar refractivity (Wildman–Crippen MR) is 145 cm³/mol. The third kappa shape index (κ3) is 7.90. The summed E-state index contributed by atoms with van der Waals surface area (Å²) in [7, 11) is 0. The Balaban J connectivity index is 1.83. The first kappa shape index (κ1) is 26.3. The first-order valence-electron chi connectivity index (χ1n) is 11.1. The van der Waals surface area contributed by atoms with Crippen molar-refractivity contribution in [1.29, 1.82) is 0 Å². The topological polar surface area (TPSA) is 49.4 Å². The summed E-state index contributed by atoms with van der Waals surface area (Å²) in [5.74, 6) is 0.653. The van der Waals surface area contributed by atoms with Crippen LogP contribution in [0.2, 0.25) is 5.02 Å². The van der Waals surface area contributed by atoms with E-state index < -0.39 is 6.04 Å². The quantitative estimate of drug-likeness (QED) is 0.308. The molecule has 0 saturated carbocycles. The summed E-state index contributed by atoms with van der Waals surface area (Å²) in [6.45, 7) is 2.74. The van der Waals surface area contributed by atoms with Gasteiger partial charge in [0.25, 0.3) is 0 Å². The van der Waals surface area contributed by atoms with Crippen molar-refractivity contribution in [2.75, 3.05) is 12.3 Å². The predicted octanol–water partition coefficient (Wildman–Crippen LogP) is 6.11. The Morgan fingerprint density at radius 1 is 1.00 bits per heavy atom. The highest BCUT2D eigenvalue weighted by molar-refractivity contribution is 9.10. The number of carbonyl (C=O) groups excluding carboxylic acids is 2. The highest BCUT2D eigenvalue weighted by Gasteiger charge is 2.30. The van der Waals surface area contributed by atoms with Gasteiger partial charge in [0.15, 0.2) is 0 Å². The van der Waals surface area contributed by atoms with Crippen LogP contribution in [0.4, 0.5) is 0 Å². The molecule has 0 heterocycles. The summed E-state index contributed by atoms with van der Waals surface area (Å²) >= 11 is 11.3. The molecule has 0 saturated heterocycles. The van der Waals surface area contributed by atoms with E-state index in [1.807, 2.05) is 85.8 Å². The molecule has 1 N–H and O–H groups in total. The molecule has 3 rings (SSSR count). The first-order valence-corrected chi connectivity index (χ1v) is 13.5. The minimum absolute atomic E-state index is 0.0794. The number of hydrogen-bond acceptors (Lipinski definition) is 3. The summed E-state index contributed by atoms with van der Waals surface area (Å²) in [6.07, 6.45) is 0.446. The summed E-state index contributed by atoms with van der Waals surface area (Å²) in [4.78, 5) is 28.4.